The molecule has 16 heteroatoms. The maximum Gasteiger partial charge on any atom is 0.328 e. The van der Waals surface area contributed by atoms with Crippen LogP contribution in [0.3, 0.4) is 0 Å². The third-order valence-corrected chi connectivity index (χ3v) is 8.33. The number of thiophene rings is 1. The molecule has 208 valence electrons. The van der Waals surface area contributed by atoms with Crippen molar-refractivity contribution in [1.82, 2.24) is 10.0 Å². The van der Waals surface area contributed by atoms with Crippen molar-refractivity contribution in [3.05, 3.63) is 34.2 Å². The second-order valence-corrected chi connectivity index (χ2v) is 13.8. The van der Waals surface area contributed by atoms with E-state index in [-0.39, 0.29) is 41.4 Å². The highest BCUT2D eigenvalue weighted by atomic mass is 32.2. The van der Waals surface area contributed by atoms with Crippen molar-refractivity contribution >= 4 is 59.9 Å². The smallest absolute Gasteiger partial charge is 0.328 e. The Bertz CT molecular complexity index is 1510. The number of hydrogen-bond donors (Lipinski definition) is 4. The summed E-state index contributed by atoms with van der Waals surface area (Å²) in [6.07, 6.45) is 0.991. The van der Waals surface area contributed by atoms with Gasteiger partial charge in [-0.1, -0.05) is 20.8 Å². The molecule has 5 N–H and O–H groups in total. The van der Waals surface area contributed by atoms with E-state index in [2.05, 4.69) is 15.4 Å². The number of carbonyl (C=O) groups excluding carboxylic acids is 3. The van der Waals surface area contributed by atoms with Crippen molar-refractivity contribution in [2.24, 2.45) is 5.14 Å². The average Bonchev–Trinajstić information content (AvgIpc) is 3.18. The standard InChI is InChI=1S/C22H29N5O8S3/c1-22(2,3)15-9-13(27-7-6-16(28)25-21(27)30)8-14(17(15)35-4)19(29)26-20-18(38(23,33)34)12(11-36-20)10-24-37(5,31)32/h8-9,11,24H,6-7,10H2,1-5H3,(H,26,29)(H2,23,33,34)(H,25,28,30). The summed E-state index contributed by atoms with van der Waals surface area (Å²) < 4.78 is 55.5. The Balaban J connectivity index is 2.10. The number of methoxy groups -OCH3 is 1. The van der Waals surface area contributed by atoms with Crippen LogP contribution in [0.4, 0.5) is 15.5 Å². The number of anilines is 2. The Kier molecular flexibility index (Phi) is 8.24. The Hall–Kier alpha value is -3.05. The summed E-state index contributed by atoms with van der Waals surface area (Å²) in [5, 5.41) is 11.4. The van der Waals surface area contributed by atoms with Gasteiger partial charge in [-0.15, -0.1) is 11.3 Å². The van der Waals surface area contributed by atoms with E-state index < -0.39 is 48.2 Å². The quantitative estimate of drug-likeness (QED) is 0.356. The van der Waals surface area contributed by atoms with E-state index in [1.54, 1.807) is 6.07 Å². The van der Waals surface area contributed by atoms with Crippen LogP contribution >= 0.6 is 11.3 Å². The molecular formula is C22H29N5O8S3. The van der Waals surface area contributed by atoms with Gasteiger partial charge in [0.1, 0.15) is 15.6 Å². The minimum atomic E-state index is -4.36. The van der Waals surface area contributed by atoms with Crippen LogP contribution in [-0.4, -0.2) is 54.6 Å². The lowest BCUT2D eigenvalue weighted by Gasteiger charge is -2.30. The number of nitrogens with zero attached hydrogens (tertiary/aromatic N) is 1. The molecular weight excluding hydrogens is 558 g/mol. The molecule has 2 aromatic rings. The van der Waals surface area contributed by atoms with Crippen LogP contribution in [0.1, 0.15) is 48.7 Å². The van der Waals surface area contributed by atoms with E-state index in [0.29, 0.717) is 11.3 Å². The van der Waals surface area contributed by atoms with Gasteiger partial charge in [0.15, 0.2) is 0 Å². The van der Waals surface area contributed by atoms with E-state index in [4.69, 9.17) is 9.88 Å². The molecule has 13 nitrogen and oxygen atoms in total. The number of ether oxygens (including phenoxy) is 1. The molecule has 0 atom stereocenters. The number of carbonyl (C=O) groups is 3. The maximum atomic E-state index is 13.5. The summed E-state index contributed by atoms with van der Waals surface area (Å²) in [4.78, 5) is 38.6. The molecule has 0 bridgehead atoms. The third-order valence-electron chi connectivity index (χ3n) is 5.55. The highest BCUT2D eigenvalue weighted by Gasteiger charge is 2.31. The summed E-state index contributed by atoms with van der Waals surface area (Å²) >= 11 is 0.854. The van der Waals surface area contributed by atoms with Gasteiger partial charge in [0.2, 0.25) is 26.0 Å². The number of primary sulfonamides is 1. The SMILES string of the molecule is COc1c(C(=O)Nc2scc(CNS(C)(=O)=O)c2S(N)(=O)=O)cc(N2CCC(=O)NC2=O)cc1C(C)(C)C. The number of imide groups is 1. The molecule has 1 aromatic carbocycles. The van der Waals surface area contributed by atoms with E-state index >= 15 is 0 Å². The van der Waals surface area contributed by atoms with Crippen molar-refractivity contribution in [3.63, 3.8) is 0 Å². The number of sulfonamides is 2. The van der Waals surface area contributed by atoms with Crippen molar-refractivity contribution in [1.29, 1.82) is 0 Å². The first-order chi connectivity index (χ1) is 17.4. The third kappa shape index (κ3) is 6.68. The maximum absolute atomic E-state index is 13.5. The topological polar surface area (TPSA) is 194 Å². The van der Waals surface area contributed by atoms with Gasteiger partial charge in [0.05, 0.1) is 18.9 Å². The van der Waals surface area contributed by atoms with Crippen LogP contribution in [-0.2, 0) is 36.8 Å². The fraction of sp³-hybridized carbons (Fsp3) is 0.409. The first-order valence-electron chi connectivity index (χ1n) is 11.2. The zero-order valence-electron chi connectivity index (χ0n) is 21.4. The highest BCUT2D eigenvalue weighted by Crippen LogP contribution is 2.39. The molecule has 1 aromatic heterocycles. The minimum Gasteiger partial charge on any atom is -0.496 e. The second kappa shape index (κ2) is 10.6. The van der Waals surface area contributed by atoms with E-state index in [1.165, 1.54) is 23.5 Å². The fourth-order valence-corrected chi connectivity index (χ4v) is 6.45. The fourth-order valence-electron chi connectivity index (χ4n) is 3.81. The number of rotatable bonds is 8. The van der Waals surface area contributed by atoms with E-state index in [9.17, 15) is 31.2 Å². The minimum absolute atomic E-state index is 0.00389. The first-order valence-corrected chi connectivity index (χ1v) is 15.5. The summed E-state index contributed by atoms with van der Waals surface area (Å²) in [7, 11) is -6.62. The predicted octanol–water partition coefficient (Wildman–Crippen LogP) is 1.45. The van der Waals surface area contributed by atoms with E-state index in [1.807, 2.05) is 20.8 Å². The van der Waals surface area contributed by atoms with Crippen molar-refractivity contribution < 1.29 is 36.0 Å². The number of nitrogens with one attached hydrogen (secondary N) is 3. The molecule has 1 aliphatic rings. The molecule has 0 aliphatic carbocycles. The van der Waals surface area contributed by atoms with Gasteiger partial charge in [-0.2, -0.15) is 0 Å². The molecule has 0 saturated carbocycles. The van der Waals surface area contributed by atoms with Crippen molar-refractivity contribution in [2.75, 3.05) is 30.1 Å². The molecule has 3 rings (SSSR count). The normalized spacial score (nSPS) is 14.8. The van der Waals surface area contributed by atoms with Crippen LogP contribution in [0.5, 0.6) is 5.75 Å². The molecule has 4 amide bonds. The zero-order valence-corrected chi connectivity index (χ0v) is 23.8. The van der Waals surface area contributed by atoms with E-state index in [0.717, 1.165) is 17.6 Å². The largest absolute Gasteiger partial charge is 0.496 e. The average molecular weight is 588 g/mol. The predicted molar refractivity (Wildman–Crippen MR) is 143 cm³/mol. The molecule has 1 fully saturated rings. The van der Waals surface area contributed by atoms with Crippen LogP contribution in [0.25, 0.3) is 0 Å². The number of hydrogen-bond acceptors (Lipinski definition) is 9. The lowest BCUT2D eigenvalue weighted by atomic mass is 9.84. The monoisotopic (exact) mass is 587 g/mol. The molecule has 0 spiro atoms. The van der Waals surface area contributed by atoms with Crippen molar-refractivity contribution in [2.45, 2.75) is 44.0 Å². The first kappa shape index (κ1) is 29.5. The van der Waals surface area contributed by atoms with Gasteiger partial charge >= 0.3 is 6.03 Å². The summed E-state index contributed by atoms with van der Waals surface area (Å²) in [6.45, 7) is 5.40. The summed E-state index contributed by atoms with van der Waals surface area (Å²) in [5.74, 6) is -0.958. The van der Waals surface area contributed by atoms with Crippen LogP contribution in [0.2, 0.25) is 0 Å². The second-order valence-electron chi connectivity index (χ2n) is 9.59. The lowest BCUT2D eigenvalue weighted by molar-refractivity contribution is -0.120. The Morgan fingerprint density at radius 3 is 2.39 bits per heavy atom. The molecule has 38 heavy (non-hydrogen) atoms. The molecule has 2 heterocycles. The van der Waals surface area contributed by atoms with Gasteiger partial charge in [-0.3, -0.25) is 19.8 Å². The van der Waals surface area contributed by atoms with Gasteiger partial charge in [0, 0.05) is 30.8 Å². The van der Waals surface area contributed by atoms with Gasteiger partial charge in [-0.25, -0.2) is 31.5 Å². The van der Waals surface area contributed by atoms with Crippen molar-refractivity contribution in [3.8, 4) is 5.75 Å². The molecule has 1 aliphatic heterocycles. The van der Waals surface area contributed by atoms with Gasteiger partial charge < -0.3 is 10.1 Å². The summed E-state index contributed by atoms with van der Waals surface area (Å²) in [6, 6.07) is 2.46. The number of nitrogens with two attached hydrogens (primary N) is 1. The van der Waals surface area contributed by atoms with Gasteiger partial charge in [-0.05, 0) is 28.5 Å². The summed E-state index contributed by atoms with van der Waals surface area (Å²) in [5.41, 5.74) is 0.440. The number of benzene rings is 1. The number of amides is 4. The zero-order chi connectivity index (χ0) is 28.6. The van der Waals surface area contributed by atoms with Gasteiger partial charge in [0.25, 0.3) is 5.91 Å². The highest BCUT2D eigenvalue weighted by molar-refractivity contribution is 7.89. The van der Waals surface area contributed by atoms with Crippen LogP contribution in [0, 0.1) is 0 Å². The Morgan fingerprint density at radius 2 is 1.87 bits per heavy atom. The molecule has 0 unspecified atom stereocenters. The van der Waals surface area contributed by atoms with Crippen LogP contribution in [0.15, 0.2) is 22.4 Å². The Labute approximate surface area is 224 Å². The number of urea groups is 1. The van der Waals surface area contributed by atoms with Crippen LogP contribution < -0.4 is 30.1 Å². The molecule has 1 saturated heterocycles. The lowest BCUT2D eigenvalue weighted by Crippen LogP contribution is -2.49. The molecule has 0 radical (unpaired) electrons. The Morgan fingerprint density at radius 1 is 1.21 bits per heavy atom.